The second-order valence-corrected chi connectivity index (χ2v) is 6.13. The van der Waals surface area contributed by atoms with E-state index >= 15 is 0 Å². The zero-order chi connectivity index (χ0) is 17.0. The molecule has 1 amide bonds. The van der Waals surface area contributed by atoms with Crippen LogP contribution in [0, 0.1) is 6.92 Å². The van der Waals surface area contributed by atoms with Crippen LogP contribution in [0.1, 0.15) is 53.2 Å². The number of rotatable bonds is 6. The number of carbonyl (C=O) groups excluding carboxylic acids is 1. The Hall–Kier alpha value is -1.85. The van der Waals surface area contributed by atoms with Crippen molar-refractivity contribution in [3.8, 4) is 0 Å². The van der Waals surface area contributed by atoms with Crippen molar-refractivity contribution >= 4 is 17.5 Å². The molecule has 124 valence electrons. The topological polar surface area (TPSA) is 67.0 Å². The Bertz CT molecular complexity index is 682. The van der Waals surface area contributed by atoms with Crippen molar-refractivity contribution in [2.45, 2.75) is 32.8 Å². The number of methoxy groups -OCH3 is 1. The number of ether oxygens (including phenoxy) is 1. The molecule has 1 heterocycles. The summed E-state index contributed by atoms with van der Waals surface area (Å²) >= 11 is 6.20. The first kappa shape index (κ1) is 17.5. The SMILES string of the molecule is CO[C@H](CNC(=O)c1c(C(C)C)n[nH]c1C)c1ccccc1Cl. The summed E-state index contributed by atoms with van der Waals surface area (Å²) in [4.78, 5) is 12.5. The lowest BCUT2D eigenvalue weighted by Gasteiger charge is -2.18. The number of aryl methyl sites for hydroxylation is 1. The molecule has 0 radical (unpaired) electrons. The van der Waals surface area contributed by atoms with Crippen molar-refractivity contribution in [1.82, 2.24) is 15.5 Å². The molecule has 1 atom stereocenters. The van der Waals surface area contributed by atoms with Gasteiger partial charge in [-0.1, -0.05) is 43.6 Å². The predicted molar refractivity (Wildman–Crippen MR) is 90.9 cm³/mol. The Morgan fingerprint density at radius 2 is 2.09 bits per heavy atom. The number of nitrogens with zero attached hydrogens (tertiary/aromatic N) is 1. The zero-order valence-electron chi connectivity index (χ0n) is 13.8. The molecular formula is C17H22ClN3O2. The van der Waals surface area contributed by atoms with Crippen molar-refractivity contribution in [2.24, 2.45) is 0 Å². The van der Waals surface area contributed by atoms with Crippen LogP contribution in [-0.2, 0) is 4.74 Å². The molecule has 0 unspecified atom stereocenters. The van der Waals surface area contributed by atoms with Gasteiger partial charge in [0.1, 0.15) is 6.10 Å². The van der Waals surface area contributed by atoms with Crippen molar-refractivity contribution in [3.63, 3.8) is 0 Å². The van der Waals surface area contributed by atoms with Crippen molar-refractivity contribution in [1.29, 1.82) is 0 Å². The molecule has 0 saturated carbocycles. The average Bonchev–Trinajstić information content (AvgIpc) is 2.91. The number of hydrogen-bond acceptors (Lipinski definition) is 3. The van der Waals surface area contributed by atoms with E-state index in [1.807, 2.05) is 45.0 Å². The minimum absolute atomic E-state index is 0.158. The van der Waals surface area contributed by atoms with Crippen molar-refractivity contribution in [2.75, 3.05) is 13.7 Å². The van der Waals surface area contributed by atoms with Crippen LogP contribution in [0.2, 0.25) is 5.02 Å². The van der Waals surface area contributed by atoms with Gasteiger partial charge in [-0.25, -0.2) is 0 Å². The minimum atomic E-state index is -0.303. The summed E-state index contributed by atoms with van der Waals surface area (Å²) in [5, 5.41) is 10.6. The molecule has 0 saturated heterocycles. The number of hydrogen-bond donors (Lipinski definition) is 2. The van der Waals surface area contributed by atoms with Crippen LogP contribution in [0.3, 0.4) is 0 Å². The van der Waals surface area contributed by atoms with Crippen LogP contribution in [0.4, 0.5) is 0 Å². The number of carbonyl (C=O) groups is 1. The Kier molecular flexibility index (Phi) is 5.80. The van der Waals surface area contributed by atoms with E-state index in [9.17, 15) is 4.79 Å². The molecule has 0 aliphatic heterocycles. The van der Waals surface area contributed by atoms with Crippen LogP contribution in [-0.4, -0.2) is 29.8 Å². The molecule has 1 aromatic carbocycles. The molecule has 2 N–H and O–H groups in total. The standard InChI is InChI=1S/C17H22ClN3O2/c1-10(2)16-15(11(3)20-21-16)17(22)19-9-14(23-4)12-7-5-6-8-13(12)18/h5-8,10,14H,9H2,1-4H3,(H,19,22)(H,20,21)/t14-/m1/s1. The highest BCUT2D eigenvalue weighted by atomic mass is 35.5. The molecule has 0 bridgehead atoms. The highest BCUT2D eigenvalue weighted by molar-refractivity contribution is 6.31. The number of benzene rings is 1. The molecule has 2 aromatic rings. The Balaban J connectivity index is 2.12. The van der Waals surface area contributed by atoms with Gasteiger partial charge in [0.2, 0.25) is 0 Å². The van der Waals surface area contributed by atoms with Gasteiger partial charge in [0.25, 0.3) is 5.91 Å². The number of aromatic nitrogens is 2. The van der Waals surface area contributed by atoms with Gasteiger partial charge >= 0.3 is 0 Å². The fourth-order valence-electron chi connectivity index (χ4n) is 2.48. The molecule has 0 aliphatic rings. The molecular weight excluding hydrogens is 314 g/mol. The van der Waals surface area contributed by atoms with Crippen molar-refractivity contribution in [3.05, 3.63) is 51.8 Å². The fourth-order valence-corrected chi connectivity index (χ4v) is 2.74. The Labute approximate surface area is 141 Å². The second kappa shape index (κ2) is 7.62. The van der Waals surface area contributed by atoms with Gasteiger partial charge in [0.15, 0.2) is 0 Å². The number of aromatic amines is 1. The van der Waals surface area contributed by atoms with Crippen LogP contribution in [0.25, 0.3) is 0 Å². The summed E-state index contributed by atoms with van der Waals surface area (Å²) in [6.45, 7) is 6.19. The third-order valence-corrected chi connectivity index (χ3v) is 4.08. The van der Waals surface area contributed by atoms with Gasteiger partial charge in [-0.15, -0.1) is 0 Å². The number of nitrogens with one attached hydrogen (secondary N) is 2. The molecule has 6 heteroatoms. The van der Waals surface area contributed by atoms with Crippen LogP contribution >= 0.6 is 11.6 Å². The smallest absolute Gasteiger partial charge is 0.255 e. The van der Waals surface area contributed by atoms with Crippen LogP contribution in [0.15, 0.2) is 24.3 Å². The Morgan fingerprint density at radius 3 is 2.70 bits per heavy atom. The average molecular weight is 336 g/mol. The lowest BCUT2D eigenvalue weighted by atomic mass is 10.0. The summed E-state index contributed by atoms with van der Waals surface area (Å²) in [5.41, 5.74) is 2.99. The minimum Gasteiger partial charge on any atom is -0.375 e. The third kappa shape index (κ3) is 3.92. The summed E-state index contributed by atoms with van der Waals surface area (Å²) in [7, 11) is 1.60. The van der Waals surface area contributed by atoms with E-state index in [2.05, 4.69) is 15.5 Å². The van der Waals surface area contributed by atoms with Crippen LogP contribution < -0.4 is 5.32 Å². The third-order valence-electron chi connectivity index (χ3n) is 3.73. The van der Waals surface area contributed by atoms with Gasteiger partial charge in [-0.2, -0.15) is 5.10 Å². The summed E-state index contributed by atoms with van der Waals surface area (Å²) in [6.07, 6.45) is -0.303. The molecule has 1 aromatic heterocycles. The summed E-state index contributed by atoms with van der Waals surface area (Å²) in [6, 6.07) is 7.46. The first-order chi connectivity index (χ1) is 11.0. The van der Waals surface area contributed by atoms with Crippen molar-refractivity contribution < 1.29 is 9.53 Å². The van der Waals surface area contributed by atoms with Gasteiger partial charge in [0.05, 0.1) is 11.3 Å². The normalized spacial score (nSPS) is 12.4. The van der Waals surface area contributed by atoms with E-state index < -0.39 is 0 Å². The number of H-pyrrole nitrogens is 1. The molecule has 0 fully saturated rings. The highest BCUT2D eigenvalue weighted by Gasteiger charge is 2.21. The molecule has 23 heavy (non-hydrogen) atoms. The molecule has 5 nitrogen and oxygen atoms in total. The van der Waals surface area contributed by atoms with E-state index in [1.165, 1.54) is 0 Å². The summed E-state index contributed by atoms with van der Waals surface area (Å²) < 4.78 is 5.47. The zero-order valence-corrected chi connectivity index (χ0v) is 14.6. The fraction of sp³-hybridized carbons (Fsp3) is 0.412. The van der Waals surface area contributed by atoms with E-state index in [0.717, 1.165) is 17.0 Å². The van der Waals surface area contributed by atoms with E-state index in [1.54, 1.807) is 7.11 Å². The van der Waals surface area contributed by atoms with E-state index in [0.29, 0.717) is 17.1 Å². The first-order valence-corrected chi connectivity index (χ1v) is 7.93. The maximum absolute atomic E-state index is 12.5. The maximum Gasteiger partial charge on any atom is 0.255 e. The quantitative estimate of drug-likeness (QED) is 0.847. The first-order valence-electron chi connectivity index (χ1n) is 7.56. The van der Waals surface area contributed by atoms with Crippen LogP contribution in [0.5, 0.6) is 0 Å². The van der Waals surface area contributed by atoms with Gasteiger partial charge in [0, 0.05) is 29.9 Å². The largest absolute Gasteiger partial charge is 0.375 e. The highest BCUT2D eigenvalue weighted by Crippen LogP contribution is 2.25. The van der Waals surface area contributed by atoms with E-state index in [-0.39, 0.29) is 17.9 Å². The second-order valence-electron chi connectivity index (χ2n) is 5.72. The Morgan fingerprint density at radius 1 is 1.39 bits per heavy atom. The van der Waals surface area contributed by atoms with Gasteiger partial charge in [-0.3, -0.25) is 9.89 Å². The molecule has 2 rings (SSSR count). The lowest BCUT2D eigenvalue weighted by Crippen LogP contribution is -2.30. The number of amides is 1. The maximum atomic E-state index is 12.5. The lowest BCUT2D eigenvalue weighted by molar-refractivity contribution is 0.0826. The molecule has 0 aliphatic carbocycles. The van der Waals surface area contributed by atoms with Gasteiger partial charge in [-0.05, 0) is 18.9 Å². The number of halogens is 1. The van der Waals surface area contributed by atoms with Gasteiger partial charge < -0.3 is 10.1 Å². The van der Waals surface area contributed by atoms with E-state index in [4.69, 9.17) is 16.3 Å². The summed E-state index contributed by atoms with van der Waals surface area (Å²) in [5.74, 6) is 0.0107. The predicted octanol–water partition coefficient (Wildman–Crippen LogP) is 3.61. The monoisotopic (exact) mass is 335 g/mol. The molecule has 0 spiro atoms.